The second kappa shape index (κ2) is 5.67. The second-order valence-corrected chi connectivity index (χ2v) is 4.42. The lowest BCUT2D eigenvalue weighted by atomic mass is 10.2. The molecule has 0 aromatic carbocycles. The number of thioether (sulfide) groups is 1. The molecule has 1 rings (SSSR count). The number of ether oxygens (including phenoxy) is 1. The van der Waals surface area contributed by atoms with E-state index in [0.717, 1.165) is 0 Å². The number of rotatable bonds is 4. The lowest BCUT2D eigenvalue weighted by molar-refractivity contribution is -0.143. The Balaban J connectivity index is 2.77. The van der Waals surface area contributed by atoms with Crippen LogP contribution in [-0.4, -0.2) is 33.6 Å². The molecule has 94 valence electrons. The van der Waals surface area contributed by atoms with Crippen molar-refractivity contribution in [1.29, 1.82) is 0 Å². The molecule has 7 nitrogen and oxygen atoms in total. The van der Waals surface area contributed by atoms with E-state index in [1.54, 1.807) is 14.0 Å². The molecule has 0 aliphatic heterocycles. The van der Waals surface area contributed by atoms with Gasteiger partial charge < -0.3 is 4.74 Å². The highest BCUT2D eigenvalue weighted by Crippen LogP contribution is 2.16. The minimum atomic E-state index is -0.837. The second-order valence-electron chi connectivity index (χ2n) is 3.43. The Morgan fingerprint density at radius 3 is 2.82 bits per heavy atom. The number of aryl methyl sites for hydroxylation is 1. The Labute approximate surface area is 101 Å². The molecule has 0 saturated heterocycles. The van der Waals surface area contributed by atoms with E-state index in [9.17, 15) is 14.4 Å². The lowest BCUT2D eigenvalue weighted by Crippen LogP contribution is -2.34. The molecule has 1 aromatic heterocycles. The fourth-order valence-electron chi connectivity index (χ4n) is 1.06. The van der Waals surface area contributed by atoms with Gasteiger partial charge in [0.25, 0.3) is 0 Å². The molecule has 0 bridgehead atoms. The summed E-state index contributed by atoms with van der Waals surface area (Å²) in [5.41, 5.74) is -1.60. The predicted octanol–water partition coefficient (Wildman–Crippen LogP) is -0.630. The number of methoxy groups -OCH3 is 1. The SMILES string of the molecule is COC(=O)C(C)CSc1nc(=O)c(=O)[nH]n1C. The summed E-state index contributed by atoms with van der Waals surface area (Å²) in [5, 5.41) is 2.68. The summed E-state index contributed by atoms with van der Waals surface area (Å²) in [4.78, 5) is 36.8. The van der Waals surface area contributed by atoms with Crippen LogP contribution in [0.25, 0.3) is 0 Å². The molecule has 0 saturated carbocycles. The summed E-state index contributed by atoms with van der Waals surface area (Å²) < 4.78 is 5.92. The Kier molecular flexibility index (Phi) is 4.50. The number of hydrogen-bond donors (Lipinski definition) is 1. The van der Waals surface area contributed by atoms with Gasteiger partial charge in [0.1, 0.15) is 0 Å². The number of nitrogens with zero attached hydrogens (tertiary/aromatic N) is 2. The van der Waals surface area contributed by atoms with E-state index in [1.807, 2.05) is 0 Å². The summed E-state index contributed by atoms with van der Waals surface area (Å²) in [6.07, 6.45) is 0. The van der Waals surface area contributed by atoms with E-state index in [1.165, 1.54) is 23.6 Å². The third kappa shape index (κ3) is 3.45. The Morgan fingerprint density at radius 1 is 1.59 bits per heavy atom. The van der Waals surface area contributed by atoms with Crippen LogP contribution in [-0.2, 0) is 16.6 Å². The van der Waals surface area contributed by atoms with Crippen molar-refractivity contribution >= 4 is 17.7 Å². The van der Waals surface area contributed by atoms with Gasteiger partial charge in [0, 0.05) is 12.8 Å². The van der Waals surface area contributed by atoms with Gasteiger partial charge in [0.15, 0.2) is 5.16 Å². The van der Waals surface area contributed by atoms with Gasteiger partial charge in [-0.1, -0.05) is 18.7 Å². The van der Waals surface area contributed by atoms with Crippen molar-refractivity contribution in [3.8, 4) is 0 Å². The van der Waals surface area contributed by atoms with Crippen LogP contribution in [0.2, 0.25) is 0 Å². The van der Waals surface area contributed by atoms with Crippen LogP contribution < -0.4 is 11.1 Å². The highest BCUT2D eigenvalue weighted by Gasteiger charge is 2.15. The van der Waals surface area contributed by atoms with Crippen LogP contribution in [0.3, 0.4) is 0 Å². The van der Waals surface area contributed by atoms with E-state index >= 15 is 0 Å². The lowest BCUT2D eigenvalue weighted by Gasteiger charge is -2.09. The maximum atomic E-state index is 11.2. The van der Waals surface area contributed by atoms with Crippen LogP contribution in [0.4, 0.5) is 0 Å². The van der Waals surface area contributed by atoms with Gasteiger partial charge in [0.05, 0.1) is 13.0 Å². The van der Waals surface area contributed by atoms with Gasteiger partial charge >= 0.3 is 17.1 Å². The largest absolute Gasteiger partial charge is 0.469 e. The molecular formula is C9H13N3O4S. The first-order chi connectivity index (χ1) is 7.95. The summed E-state index contributed by atoms with van der Waals surface area (Å²) in [6, 6.07) is 0. The van der Waals surface area contributed by atoms with Gasteiger partial charge in [-0.25, -0.2) is 0 Å². The zero-order valence-electron chi connectivity index (χ0n) is 9.72. The van der Waals surface area contributed by atoms with Crippen LogP contribution in [0.15, 0.2) is 14.7 Å². The van der Waals surface area contributed by atoms with E-state index in [4.69, 9.17) is 0 Å². The van der Waals surface area contributed by atoms with Crippen molar-refractivity contribution in [3.05, 3.63) is 20.7 Å². The number of aromatic nitrogens is 3. The third-order valence-corrected chi connectivity index (χ3v) is 3.30. The number of esters is 1. The fourth-order valence-corrected chi connectivity index (χ4v) is 1.98. The minimum Gasteiger partial charge on any atom is -0.469 e. The first-order valence-electron chi connectivity index (χ1n) is 4.83. The number of H-pyrrole nitrogens is 1. The molecule has 0 fully saturated rings. The molecule has 1 unspecified atom stereocenters. The zero-order chi connectivity index (χ0) is 13.0. The molecule has 0 aliphatic rings. The van der Waals surface area contributed by atoms with Gasteiger partial charge in [0.2, 0.25) is 0 Å². The highest BCUT2D eigenvalue weighted by atomic mass is 32.2. The third-order valence-electron chi connectivity index (χ3n) is 2.01. The topological polar surface area (TPSA) is 94.1 Å². The Morgan fingerprint density at radius 2 is 2.24 bits per heavy atom. The van der Waals surface area contributed by atoms with Gasteiger partial charge in [-0.05, 0) is 0 Å². The van der Waals surface area contributed by atoms with Gasteiger partial charge in [-0.15, -0.1) is 0 Å². The summed E-state index contributed by atoms with van der Waals surface area (Å²) in [7, 11) is 2.89. The van der Waals surface area contributed by atoms with Crippen molar-refractivity contribution in [2.45, 2.75) is 12.1 Å². The Bertz CT molecular complexity index is 522. The monoisotopic (exact) mass is 259 g/mol. The fraction of sp³-hybridized carbons (Fsp3) is 0.556. The highest BCUT2D eigenvalue weighted by molar-refractivity contribution is 7.99. The molecule has 1 aromatic rings. The van der Waals surface area contributed by atoms with Crippen molar-refractivity contribution in [2.24, 2.45) is 13.0 Å². The van der Waals surface area contributed by atoms with Crippen LogP contribution in [0.1, 0.15) is 6.92 Å². The van der Waals surface area contributed by atoms with Crippen LogP contribution in [0, 0.1) is 5.92 Å². The van der Waals surface area contributed by atoms with E-state index < -0.39 is 11.1 Å². The molecule has 1 N–H and O–H groups in total. The number of carbonyl (C=O) groups excluding carboxylic acids is 1. The summed E-state index contributed by atoms with van der Waals surface area (Å²) in [6.45, 7) is 1.71. The molecule has 0 radical (unpaired) electrons. The number of nitrogens with one attached hydrogen (secondary N) is 1. The summed E-state index contributed by atoms with van der Waals surface area (Å²) in [5.74, 6) is -0.223. The Hall–Kier alpha value is -1.57. The quantitative estimate of drug-likeness (QED) is 0.439. The molecule has 0 aliphatic carbocycles. The van der Waals surface area contributed by atoms with E-state index in [2.05, 4.69) is 14.8 Å². The predicted molar refractivity (Wildman–Crippen MR) is 62.0 cm³/mol. The molecule has 1 heterocycles. The van der Waals surface area contributed by atoms with E-state index in [0.29, 0.717) is 10.9 Å². The first-order valence-corrected chi connectivity index (χ1v) is 5.82. The average molecular weight is 259 g/mol. The van der Waals surface area contributed by atoms with Crippen LogP contribution >= 0.6 is 11.8 Å². The summed E-state index contributed by atoms with van der Waals surface area (Å²) >= 11 is 1.20. The van der Waals surface area contributed by atoms with Gasteiger partial charge in [-0.2, -0.15) is 4.98 Å². The van der Waals surface area contributed by atoms with Crippen molar-refractivity contribution < 1.29 is 9.53 Å². The van der Waals surface area contributed by atoms with Crippen LogP contribution in [0.5, 0.6) is 0 Å². The van der Waals surface area contributed by atoms with Crippen molar-refractivity contribution in [3.63, 3.8) is 0 Å². The minimum absolute atomic E-state index is 0.311. The number of carbonyl (C=O) groups is 1. The molecule has 1 atom stereocenters. The molecule has 17 heavy (non-hydrogen) atoms. The molecule has 0 amide bonds. The van der Waals surface area contributed by atoms with Crippen molar-refractivity contribution in [2.75, 3.05) is 12.9 Å². The normalized spacial score (nSPS) is 12.2. The van der Waals surface area contributed by atoms with E-state index in [-0.39, 0.29) is 11.9 Å². The zero-order valence-corrected chi connectivity index (χ0v) is 10.5. The molecule has 8 heteroatoms. The number of aromatic amines is 1. The molecular weight excluding hydrogens is 246 g/mol. The smallest absolute Gasteiger partial charge is 0.339 e. The van der Waals surface area contributed by atoms with Crippen molar-refractivity contribution in [1.82, 2.24) is 14.8 Å². The first kappa shape index (κ1) is 13.5. The van der Waals surface area contributed by atoms with Gasteiger partial charge in [-0.3, -0.25) is 24.2 Å². The number of hydrogen-bond acceptors (Lipinski definition) is 6. The maximum Gasteiger partial charge on any atom is 0.339 e. The molecule has 0 spiro atoms. The standard InChI is InChI=1S/C9H13N3O4S/c1-5(8(15)16-3)4-17-9-10-6(13)7(14)11-12(9)2/h5H,4H2,1-3H3,(H,11,14). The average Bonchev–Trinajstić information content (AvgIpc) is 2.30. The maximum absolute atomic E-state index is 11.2.